The maximum absolute atomic E-state index is 12.1. The summed E-state index contributed by atoms with van der Waals surface area (Å²) in [6.45, 7) is 0.661. The molecule has 0 aromatic heterocycles. The second-order valence-electron chi connectivity index (χ2n) is 6.33. The lowest BCUT2D eigenvalue weighted by atomic mass is 10.1. The molecule has 1 atom stereocenters. The molecule has 1 saturated heterocycles. The van der Waals surface area contributed by atoms with Crippen molar-refractivity contribution in [2.24, 2.45) is 0 Å². The second-order valence-corrected chi connectivity index (χ2v) is 7.44. The normalized spacial score (nSPS) is 17.2. The minimum absolute atomic E-state index is 0.00565. The number of carboxylic acids is 1. The van der Waals surface area contributed by atoms with Crippen molar-refractivity contribution in [1.29, 1.82) is 0 Å². The molecular formula is C20H25NO4S. The number of unbranched alkanes of at least 4 members (excludes halogenated alkanes) is 1. The van der Waals surface area contributed by atoms with Crippen LogP contribution < -0.4 is 0 Å². The maximum Gasteiger partial charge on any atom is 0.313 e. The molecule has 6 heteroatoms. The molecule has 26 heavy (non-hydrogen) atoms. The van der Waals surface area contributed by atoms with Crippen molar-refractivity contribution in [2.45, 2.75) is 38.1 Å². The highest BCUT2D eigenvalue weighted by Gasteiger charge is 2.28. The van der Waals surface area contributed by atoms with E-state index in [9.17, 15) is 14.4 Å². The minimum Gasteiger partial charge on any atom is -0.481 e. The Hall–Kier alpha value is -2.08. The zero-order chi connectivity index (χ0) is 18.8. The zero-order valence-corrected chi connectivity index (χ0v) is 15.6. The van der Waals surface area contributed by atoms with Crippen molar-refractivity contribution in [3.8, 4) is 0 Å². The molecule has 0 spiro atoms. The van der Waals surface area contributed by atoms with Gasteiger partial charge in [-0.25, -0.2) is 0 Å². The van der Waals surface area contributed by atoms with Crippen molar-refractivity contribution in [3.05, 3.63) is 48.0 Å². The molecule has 1 heterocycles. The largest absolute Gasteiger partial charge is 0.481 e. The van der Waals surface area contributed by atoms with Crippen LogP contribution in [0.2, 0.25) is 0 Å². The highest BCUT2D eigenvalue weighted by molar-refractivity contribution is 7.99. The molecule has 1 aliphatic heterocycles. The van der Waals surface area contributed by atoms with Gasteiger partial charge in [0.2, 0.25) is 5.91 Å². The quantitative estimate of drug-likeness (QED) is 0.475. The van der Waals surface area contributed by atoms with Crippen LogP contribution in [0.3, 0.4) is 0 Å². The van der Waals surface area contributed by atoms with E-state index in [1.54, 1.807) is 6.08 Å². The van der Waals surface area contributed by atoms with Gasteiger partial charge >= 0.3 is 5.97 Å². The summed E-state index contributed by atoms with van der Waals surface area (Å²) in [6, 6.07) is 9.61. The summed E-state index contributed by atoms with van der Waals surface area (Å²) in [5, 5.41) is 8.60. The van der Waals surface area contributed by atoms with Gasteiger partial charge in [-0.05, 0) is 36.7 Å². The molecule has 0 aliphatic carbocycles. The van der Waals surface area contributed by atoms with Crippen LogP contribution in [0.25, 0.3) is 0 Å². The van der Waals surface area contributed by atoms with E-state index >= 15 is 0 Å². The molecule has 1 N–H and O–H groups in total. The van der Waals surface area contributed by atoms with E-state index in [2.05, 4.69) is 0 Å². The molecule has 1 aliphatic rings. The zero-order valence-electron chi connectivity index (χ0n) is 14.8. The van der Waals surface area contributed by atoms with E-state index in [1.807, 2.05) is 41.3 Å². The lowest BCUT2D eigenvalue weighted by Crippen LogP contribution is -2.32. The molecule has 1 aromatic carbocycles. The van der Waals surface area contributed by atoms with Crippen LogP contribution in [0, 0.1) is 0 Å². The Morgan fingerprint density at radius 1 is 1.23 bits per heavy atom. The number of carboxylic acid groups (broad SMARTS) is 1. The topological polar surface area (TPSA) is 74.7 Å². The first-order valence-electron chi connectivity index (χ1n) is 8.90. The molecule has 0 bridgehead atoms. The Morgan fingerprint density at radius 2 is 2.00 bits per heavy atom. The van der Waals surface area contributed by atoms with Crippen LogP contribution in [0.15, 0.2) is 42.5 Å². The summed E-state index contributed by atoms with van der Waals surface area (Å²) in [4.78, 5) is 36.5. The van der Waals surface area contributed by atoms with Gasteiger partial charge < -0.3 is 10.0 Å². The number of carbonyl (C=O) groups is 3. The lowest BCUT2D eigenvalue weighted by molar-refractivity contribution is -0.134. The van der Waals surface area contributed by atoms with Crippen molar-refractivity contribution < 1.29 is 19.5 Å². The Bertz CT molecular complexity index is 644. The standard InChI is InChI=1S/C20H25NO4S/c22-18(14-16-6-2-1-3-7-16)10-8-17-9-11-19(23)21(17)12-4-5-13-26-15-20(24)25/h1-3,6-8,10,17H,4-5,9,11-15H2,(H,24,25)/b10-8+/t17-/m0/s1. The lowest BCUT2D eigenvalue weighted by Gasteiger charge is -2.22. The minimum atomic E-state index is -0.796. The average Bonchev–Trinajstić information content (AvgIpc) is 2.97. The number of ketones is 1. The smallest absolute Gasteiger partial charge is 0.313 e. The summed E-state index contributed by atoms with van der Waals surface area (Å²) in [7, 11) is 0. The fourth-order valence-electron chi connectivity index (χ4n) is 2.97. The molecule has 2 rings (SSSR count). The van der Waals surface area contributed by atoms with E-state index < -0.39 is 5.97 Å². The SMILES string of the molecule is O=C(O)CSCCCCN1C(=O)CC[C@@H]1/C=C/C(=O)Cc1ccccc1. The van der Waals surface area contributed by atoms with Crippen molar-refractivity contribution in [1.82, 2.24) is 4.90 Å². The first kappa shape index (κ1) is 20.2. The van der Waals surface area contributed by atoms with Gasteiger partial charge in [-0.15, -0.1) is 0 Å². The van der Waals surface area contributed by atoms with Gasteiger partial charge in [-0.1, -0.05) is 36.4 Å². The first-order chi connectivity index (χ1) is 12.6. The third-order valence-corrected chi connectivity index (χ3v) is 5.29. The molecule has 0 unspecified atom stereocenters. The number of hydrogen-bond acceptors (Lipinski definition) is 4. The third-order valence-electron chi connectivity index (χ3n) is 4.26. The molecule has 140 valence electrons. The Morgan fingerprint density at radius 3 is 2.73 bits per heavy atom. The summed E-state index contributed by atoms with van der Waals surface area (Å²) in [5.74, 6) is 0.283. The number of carbonyl (C=O) groups excluding carboxylic acids is 2. The number of allylic oxidation sites excluding steroid dienone is 1. The Balaban J connectivity index is 1.75. The van der Waals surface area contributed by atoms with Gasteiger partial charge in [0.1, 0.15) is 0 Å². The second kappa shape index (κ2) is 10.8. The number of hydrogen-bond donors (Lipinski definition) is 1. The highest BCUT2D eigenvalue weighted by Crippen LogP contribution is 2.21. The number of likely N-dealkylation sites (tertiary alicyclic amines) is 1. The molecular weight excluding hydrogens is 350 g/mol. The number of nitrogens with zero attached hydrogens (tertiary/aromatic N) is 1. The van der Waals surface area contributed by atoms with Crippen LogP contribution in [0.1, 0.15) is 31.2 Å². The van der Waals surface area contributed by atoms with Crippen LogP contribution in [0.4, 0.5) is 0 Å². The first-order valence-corrected chi connectivity index (χ1v) is 10.1. The number of amides is 1. The number of benzene rings is 1. The van der Waals surface area contributed by atoms with E-state index in [4.69, 9.17) is 5.11 Å². The Kier molecular flexibility index (Phi) is 8.41. The highest BCUT2D eigenvalue weighted by atomic mass is 32.2. The maximum atomic E-state index is 12.1. The molecule has 1 amide bonds. The summed E-state index contributed by atoms with van der Waals surface area (Å²) in [5.41, 5.74) is 0.986. The summed E-state index contributed by atoms with van der Waals surface area (Å²) < 4.78 is 0. The molecule has 5 nitrogen and oxygen atoms in total. The number of thioether (sulfide) groups is 1. The van der Waals surface area contributed by atoms with Gasteiger partial charge in [0.15, 0.2) is 5.78 Å². The van der Waals surface area contributed by atoms with E-state index in [1.165, 1.54) is 11.8 Å². The average molecular weight is 375 g/mol. The van der Waals surface area contributed by atoms with Gasteiger partial charge in [0.05, 0.1) is 11.8 Å². The van der Waals surface area contributed by atoms with Crippen LogP contribution in [-0.4, -0.2) is 51.8 Å². The monoisotopic (exact) mass is 375 g/mol. The van der Waals surface area contributed by atoms with Crippen molar-refractivity contribution in [3.63, 3.8) is 0 Å². The van der Waals surface area contributed by atoms with Gasteiger partial charge in [0, 0.05) is 19.4 Å². The van der Waals surface area contributed by atoms with E-state index in [0.29, 0.717) is 19.4 Å². The van der Waals surface area contributed by atoms with Gasteiger partial charge in [-0.2, -0.15) is 11.8 Å². The number of aliphatic carboxylic acids is 1. The Labute approximate surface area is 158 Å². The van der Waals surface area contributed by atoms with Gasteiger partial charge in [-0.3, -0.25) is 14.4 Å². The van der Waals surface area contributed by atoms with Gasteiger partial charge in [0.25, 0.3) is 0 Å². The fourth-order valence-corrected chi connectivity index (χ4v) is 3.69. The van der Waals surface area contributed by atoms with E-state index in [-0.39, 0.29) is 23.5 Å². The molecule has 0 saturated carbocycles. The molecule has 1 fully saturated rings. The predicted molar refractivity (Wildman–Crippen MR) is 103 cm³/mol. The van der Waals surface area contributed by atoms with E-state index in [0.717, 1.165) is 30.6 Å². The summed E-state index contributed by atoms with van der Waals surface area (Å²) in [6.07, 6.45) is 6.84. The van der Waals surface area contributed by atoms with Crippen LogP contribution >= 0.6 is 11.8 Å². The van der Waals surface area contributed by atoms with Crippen LogP contribution in [0.5, 0.6) is 0 Å². The molecule has 0 radical (unpaired) electrons. The fraction of sp³-hybridized carbons (Fsp3) is 0.450. The molecule has 1 aromatic rings. The van der Waals surface area contributed by atoms with Crippen molar-refractivity contribution in [2.75, 3.05) is 18.1 Å². The van der Waals surface area contributed by atoms with Crippen LogP contribution in [-0.2, 0) is 20.8 Å². The van der Waals surface area contributed by atoms with Crippen molar-refractivity contribution >= 4 is 29.4 Å². The third kappa shape index (κ3) is 7.04. The summed E-state index contributed by atoms with van der Waals surface area (Å²) >= 11 is 1.40. The number of rotatable bonds is 11. The predicted octanol–water partition coefficient (Wildman–Crippen LogP) is 2.94.